The van der Waals surface area contributed by atoms with Gasteiger partial charge < -0.3 is 15.5 Å². The minimum Gasteiger partial charge on any atom is -0.357 e. The topological polar surface area (TPSA) is 57.3 Å². The predicted octanol–water partition coefficient (Wildman–Crippen LogP) is 5.77. The van der Waals surface area contributed by atoms with E-state index in [9.17, 15) is 9.18 Å². The van der Waals surface area contributed by atoms with Gasteiger partial charge in [-0.05, 0) is 67.8 Å². The molecular weight excluding hydrogens is 423 g/mol. The highest BCUT2D eigenvalue weighted by molar-refractivity contribution is 9.10. The SMILES string of the molecule is O=C(Nc1ccc(Br)cc1)Nc1cc(F)c2nc(N3CCCCC3)ccc2c1. The monoisotopic (exact) mass is 442 g/mol. The molecule has 0 spiro atoms. The summed E-state index contributed by atoms with van der Waals surface area (Å²) in [4.78, 5) is 18.9. The fourth-order valence-corrected chi connectivity index (χ4v) is 3.64. The molecule has 28 heavy (non-hydrogen) atoms. The van der Waals surface area contributed by atoms with Crippen molar-refractivity contribution in [1.82, 2.24) is 4.98 Å². The average Bonchev–Trinajstić information content (AvgIpc) is 2.70. The molecular formula is C21H20BrFN4O. The summed E-state index contributed by atoms with van der Waals surface area (Å²) in [6, 6.07) is 13.6. The summed E-state index contributed by atoms with van der Waals surface area (Å²) in [5.74, 6) is 0.357. The van der Waals surface area contributed by atoms with Crippen LogP contribution >= 0.6 is 15.9 Å². The van der Waals surface area contributed by atoms with Crippen LogP contribution in [-0.2, 0) is 0 Å². The number of fused-ring (bicyclic) bond motifs is 1. The quantitative estimate of drug-likeness (QED) is 0.540. The molecule has 2 aromatic carbocycles. The van der Waals surface area contributed by atoms with Gasteiger partial charge in [-0.15, -0.1) is 0 Å². The van der Waals surface area contributed by atoms with E-state index in [0.717, 1.165) is 36.2 Å². The number of benzene rings is 2. The molecule has 1 fully saturated rings. The normalized spacial score (nSPS) is 14.1. The highest BCUT2D eigenvalue weighted by atomic mass is 79.9. The first-order valence-corrected chi connectivity index (χ1v) is 10.1. The second-order valence-electron chi connectivity index (χ2n) is 6.83. The molecule has 1 saturated heterocycles. The highest BCUT2D eigenvalue weighted by Crippen LogP contribution is 2.26. The summed E-state index contributed by atoms with van der Waals surface area (Å²) in [5.41, 5.74) is 1.35. The first kappa shape index (κ1) is 18.7. The minimum atomic E-state index is -0.449. The number of pyridine rings is 1. The number of carbonyl (C=O) groups is 1. The van der Waals surface area contributed by atoms with E-state index in [2.05, 4.69) is 36.4 Å². The maximum atomic E-state index is 14.7. The Bertz CT molecular complexity index is 1000. The molecule has 1 aromatic heterocycles. The Hall–Kier alpha value is -2.67. The summed E-state index contributed by atoms with van der Waals surface area (Å²) in [6.45, 7) is 1.91. The molecule has 144 valence electrons. The number of carbonyl (C=O) groups excluding carboxylic acids is 1. The lowest BCUT2D eigenvalue weighted by Gasteiger charge is -2.27. The van der Waals surface area contributed by atoms with E-state index in [1.54, 1.807) is 18.2 Å². The van der Waals surface area contributed by atoms with Crippen molar-refractivity contribution < 1.29 is 9.18 Å². The van der Waals surface area contributed by atoms with Gasteiger partial charge in [-0.3, -0.25) is 0 Å². The largest absolute Gasteiger partial charge is 0.357 e. The number of aromatic nitrogens is 1. The van der Waals surface area contributed by atoms with Crippen molar-refractivity contribution in [3.63, 3.8) is 0 Å². The lowest BCUT2D eigenvalue weighted by Crippen LogP contribution is -2.30. The van der Waals surface area contributed by atoms with Crippen LogP contribution in [0.3, 0.4) is 0 Å². The molecule has 0 saturated carbocycles. The van der Waals surface area contributed by atoms with Crippen molar-refractivity contribution in [2.75, 3.05) is 28.6 Å². The number of halogens is 2. The Labute approximate surface area is 171 Å². The molecule has 0 bridgehead atoms. The number of urea groups is 1. The summed E-state index contributed by atoms with van der Waals surface area (Å²) in [6.07, 6.45) is 3.51. The molecule has 4 rings (SSSR count). The number of hydrogen-bond acceptors (Lipinski definition) is 3. The van der Waals surface area contributed by atoms with Crippen molar-refractivity contribution in [2.24, 2.45) is 0 Å². The van der Waals surface area contributed by atoms with E-state index in [1.165, 1.54) is 12.5 Å². The van der Waals surface area contributed by atoms with Crippen molar-refractivity contribution in [1.29, 1.82) is 0 Å². The molecule has 0 unspecified atom stereocenters. The van der Waals surface area contributed by atoms with Crippen molar-refractivity contribution in [2.45, 2.75) is 19.3 Å². The van der Waals surface area contributed by atoms with Gasteiger partial charge >= 0.3 is 6.03 Å². The zero-order chi connectivity index (χ0) is 19.5. The standard InChI is InChI=1S/C21H20BrFN4O/c22-15-5-7-16(8-6-15)24-21(28)25-17-12-14-4-9-19(26-20(14)18(23)13-17)27-10-2-1-3-11-27/h4-9,12-13H,1-3,10-11H2,(H2,24,25,28). The second kappa shape index (κ2) is 8.14. The van der Waals surface area contributed by atoms with Crippen LogP contribution in [0.2, 0.25) is 0 Å². The molecule has 2 N–H and O–H groups in total. The third-order valence-corrected chi connectivity index (χ3v) is 5.30. The van der Waals surface area contributed by atoms with E-state index in [-0.39, 0.29) is 0 Å². The number of nitrogens with zero attached hydrogens (tertiary/aromatic N) is 2. The Morgan fingerprint density at radius 2 is 1.68 bits per heavy atom. The lowest BCUT2D eigenvalue weighted by molar-refractivity contribution is 0.262. The van der Waals surface area contributed by atoms with Crippen molar-refractivity contribution in [3.05, 3.63) is 58.8 Å². The number of hydrogen-bond donors (Lipinski definition) is 2. The predicted molar refractivity (Wildman–Crippen MR) is 115 cm³/mol. The first-order chi connectivity index (χ1) is 13.6. The molecule has 0 atom stereocenters. The van der Waals surface area contributed by atoms with Gasteiger partial charge in [0.15, 0.2) is 5.82 Å². The van der Waals surface area contributed by atoms with E-state index in [4.69, 9.17) is 0 Å². The third-order valence-electron chi connectivity index (χ3n) is 4.77. The number of amides is 2. The molecule has 0 aliphatic carbocycles. The van der Waals surface area contributed by atoms with Crippen LogP contribution in [0.25, 0.3) is 10.9 Å². The van der Waals surface area contributed by atoms with Crippen LogP contribution in [0.15, 0.2) is 53.0 Å². The van der Waals surface area contributed by atoms with E-state index in [0.29, 0.717) is 22.3 Å². The Morgan fingerprint density at radius 3 is 2.43 bits per heavy atom. The molecule has 0 radical (unpaired) electrons. The molecule has 3 aromatic rings. The van der Waals surface area contributed by atoms with Crippen LogP contribution in [0.5, 0.6) is 0 Å². The third kappa shape index (κ3) is 4.25. The van der Waals surface area contributed by atoms with E-state index in [1.807, 2.05) is 24.3 Å². The average molecular weight is 443 g/mol. The molecule has 1 aliphatic rings. The van der Waals surface area contributed by atoms with E-state index < -0.39 is 11.8 Å². The van der Waals surface area contributed by atoms with Gasteiger partial charge in [0.1, 0.15) is 11.3 Å². The Kier molecular flexibility index (Phi) is 5.43. The molecule has 5 nitrogen and oxygen atoms in total. The lowest BCUT2D eigenvalue weighted by atomic mass is 10.1. The fraction of sp³-hybridized carbons (Fsp3) is 0.238. The van der Waals surface area contributed by atoms with Gasteiger partial charge in [0, 0.05) is 34.3 Å². The number of rotatable bonds is 3. The second-order valence-corrected chi connectivity index (χ2v) is 7.75. The van der Waals surface area contributed by atoms with E-state index >= 15 is 0 Å². The number of piperidine rings is 1. The van der Waals surface area contributed by atoms with Crippen LogP contribution < -0.4 is 15.5 Å². The fourth-order valence-electron chi connectivity index (χ4n) is 3.38. The van der Waals surface area contributed by atoms with Crippen LogP contribution in [-0.4, -0.2) is 24.1 Å². The number of anilines is 3. The van der Waals surface area contributed by atoms with Gasteiger partial charge in [0.2, 0.25) is 0 Å². The van der Waals surface area contributed by atoms with Gasteiger partial charge in [0.05, 0.1) is 0 Å². The van der Waals surface area contributed by atoms with Crippen LogP contribution in [0.1, 0.15) is 19.3 Å². The molecule has 2 heterocycles. The van der Waals surface area contributed by atoms with Gasteiger partial charge in [-0.25, -0.2) is 14.2 Å². The minimum absolute atomic E-state index is 0.321. The maximum absolute atomic E-state index is 14.7. The maximum Gasteiger partial charge on any atom is 0.323 e. The number of nitrogens with one attached hydrogen (secondary N) is 2. The summed E-state index contributed by atoms with van der Waals surface area (Å²) < 4.78 is 15.6. The Morgan fingerprint density at radius 1 is 0.964 bits per heavy atom. The molecule has 7 heteroatoms. The highest BCUT2D eigenvalue weighted by Gasteiger charge is 2.14. The molecule has 1 aliphatic heterocycles. The smallest absolute Gasteiger partial charge is 0.323 e. The zero-order valence-corrected chi connectivity index (χ0v) is 16.8. The van der Waals surface area contributed by atoms with Crippen molar-refractivity contribution >= 4 is 50.1 Å². The van der Waals surface area contributed by atoms with Crippen molar-refractivity contribution in [3.8, 4) is 0 Å². The Balaban J connectivity index is 1.51. The van der Waals surface area contributed by atoms with Gasteiger partial charge in [-0.1, -0.05) is 15.9 Å². The van der Waals surface area contributed by atoms with Crippen LogP contribution in [0.4, 0.5) is 26.4 Å². The van der Waals surface area contributed by atoms with Gasteiger partial charge in [-0.2, -0.15) is 0 Å². The summed E-state index contributed by atoms with van der Waals surface area (Å²) >= 11 is 3.35. The van der Waals surface area contributed by atoms with Crippen LogP contribution in [0, 0.1) is 5.82 Å². The molecule has 2 amide bonds. The summed E-state index contributed by atoms with van der Waals surface area (Å²) in [7, 11) is 0. The van der Waals surface area contributed by atoms with Gasteiger partial charge in [0.25, 0.3) is 0 Å². The zero-order valence-electron chi connectivity index (χ0n) is 15.2. The summed E-state index contributed by atoms with van der Waals surface area (Å²) in [5, 5.41) is 6.05. The first-order valence-electron chi connectivity index (χ1n) is 9.27.